The van der Waals surface area contributed by atoms with E-state index in [2.05, 4.69) is 4.84 Å². The van der Waals surface area contributed by atoms with Crippen LogP contribution in [0.4, 0.5) is 10.1 Å². The first-order valence-electron chi connectivity index (χ1n) is 3.01. The van der Waals surface area contributed by atoms with Crippen molar-refractivity contribution in [3.63, 3.8) is 0 Å². The first kappa shape index (κ1) is 7.65. The second-order valence-electron chi connectivity index (χ2n) is 1.92. The molecule has 0 aliphatic rings. The van der Waals surface area contributed by atoms with Crippen LogP contribution in [0.5, 0.6) is 0 Å². The molecule has 0 heterocycles. The van der Waals surface area contributed by atoms with Gasteiger partial charge in [-0.25, -0.2) is 9.23 Å². The van der Waals surface area contributed by atoms with Gasteiger partial charge < -0.3 is 0 Å². The van der Waals surface area contributed by atoms with E-state index in [0.717, 1.165) is 0 Å². The van der Waals surface area contributed by atoms with Gasteiger partial charge in [0.15, 0.2) is 7.11 Å². The van der Waals surface area contributed by atoms with Crippen molar-refractivity contribution in [2.24, 2.45) is 0 Å². The van der Waals surface area contributed by atoms with Gasteiger partial charge in [-0.1, -0.05) is 0 Å². The number of nitrogens with zero attached hydrogens (tertiary/aromatic N) is 1. The maximum atomic E-state index is 12.3. The van der Waals surface area contributed by atoms with Crippen molar-refractivity contribution in [1.29, 1.82) is 0 Å². The highest BCUT2D eigenvalue weighted by molar-refractivity contribution is 5.28. The maximum absolute atomic E-state index is 12.3. The van der Waals surface area contributed by atoms with E-state index in [4.69, 9.17) is 0 Å². The van der Waals surface area contributed by atoms with Gasteiger partial charge in [0, 0.05) is 12.1 Å². The van der Waals surface area contributed by atoms with E-state index in [9.17, 15) is 9.30 Å². The molecule has 11 heavy (non-hydrogen) atoms. The van der Waals surface area contributed by atoms with Gasteiger partial charge in [-0.3, -0.25) is 0 Å². The van der Waals surface area contributed by atoms with Gasteiger partial charge in [0.05, 0.1) is 4.91 Å². The Balaban J connectivity index is 2.90. The predicted molar refractivity (Wildman–Crippen MR) is 36.7 cm³/mol. The molecule has 0 radical (unpaired) electrons. The third-order valence-corrected chi connectivity index (χ3v) is 1.20. The molecule has 0 aromatic heterocycles. The van der Waals surface area contributed by atoms with Gasteiger partial charge in [0.2, 0.25) is 0 Å². The molecule has 3 nitrogen and oxygen atoms in total. The third kappa shape index (κ3) is 1.73. The molecule has 0 aliphatic carbocycles. The van der Waals surface area contributed by atoms with Gasteiger partial charge in [-0.05, 0) is 12.1 Å². The molecular weight excluding hydrogens is 149 g/mol. The van der Waals surface area contributed by atoms with Gasteiger partial charge >= 0.3 is 5.69 Å². The molecule has 58 valence electrons. The van der Waals surface area contributed by atoms with Crippen molar-refractivity contribution in [3.05, 3.63) is 35.0 Å². The zero-order valence-electron chi connectivity index (χ0n) is 5.95. The fourth-order valence-electron chi connectivity index (χ4n) is 0.668. The lowest BCUT2D eigenvalue weighted by molar-refractivity contribution is -0.736. The smallest absolute Gasteiger partial charge is 0.230 e. The Morgan fingerprint density at radius 3 is 2.36 bits per heavy atom. The van der Waals surface area contributed by atoms with Crippen LogP contribution >= 0.6 is 0 Å². The molecule has 1 aromatic carbocycles. The molecule has 1 rings (SSSR count). The van der Waals surface area contributed by atoms with E-state index in [1.165, 1.54) is 31.4 Å². The summed E-state index contributed by atoms with van der Waals surface area (Å²) in [6.07, 6.45) is 0. The van der Waals surface area contributed by atoms with Crippen molar-refractivity contribution in [2.45, 2.75) is 0 Å². The summed E-state index contributed by atoms with van der Waals surface area (Å²) < 4.78 is 12.3. The molecule has 0 fully saturated rings. The summed E-state index contributed by atoms with van der Waals surface area (Å²) in [5.74, 6) is -0.377. The second-order valence-corrected chi connectivity index (χ2v) is 1.92. The van der Waals surface area contributed by atoms with Crippen molar-refractivity contribution >= 4 is 5.69 Å². The molecule has 0 amide bonds. The highest BCUT2D eigenvalue weighted by Crippen LogP contribution is 2.10. The van der Waals surface area contributed by atoms with E-state index in [1.807, 2.05) is 0 Å². The normalized spacial score (nSPS) is 9.27. The lowest BCUT2D eigenvalue weighted by atomic mass is 10.3. The number of rotatable bonds is 2. The quantitative estimate of drug-likeness (QED) is 0.611. The molecule has 0 aliphatic heterocycles. The highest BCUT2D eigenvalue weighted by atomic mass is 19.1. The average Bonchev–Trinajstić information content (AvgIpc) is 2.05. The van der Waals surface area contributed by atoms with Crippen molar-refractivity contribution in [2.75, 3.05) is 7.11 Å². The van der Waals surface area contributed by atoms with Crippen LogP contribution in [0.25, 0.3) is 0 Å². The van der Waals surface area contributed by atoms with Gasteiger partial charge in [-0.2, -0.15) is 0 Å². The average molecular weight is 156 g/mol. The first-order chi connectivity index (χ1) is 5.24. The monoisotopic (exact) mass is 156 g/mol. The zero-order chi connectivity index (χ0) is 8.27. The molecular formula is C7H7FNO2+. The molecule has 0 atom stereocenters. The fourth-order valence-corrected chi connectivity index (χ4v) is 0.668. The summed E-state index contributed by atoms with van der Waals surface area (Å²) in [7, 11) is 1.25. The summed E-state index contributed by atoms with van der Waals surface area (Å²) in [6.45, 7) is 0. The largest absolute Gasteiger partial charge is 0.316 e. The molecule has 1 aromatic rings. The van der Waals surface area contributed by atoms with Crippen LogP contribution in [0.3, 0.4) is 0 Å². The summed E-state index contributed by atoms with van der Waals surface area (Å²) >= 11 is 0. The second kappa shape index (κ2) is 3.09. The summed E-state index contributed by atoms with van der Waals surface area (Å²) in [5, 5.41) is 0. The Bertz CT molecular complexity index is 258. The van der Waals surface area contributed by atoms with Crippen LogP contribution in [0, 0.1) is 10.7 Å². The zero-order valence-corrected chi connectivity index (χ0v) is 5.95. The lowest BCUT2D eigenvalue weighted by Crippen LogP contribution is -1.97. The van der Waals surface area contributed by atoms with E-state index in [1.54, 1.807) is 0 Å². The van der Waals surface area contributed by atoms with Crippen LogP contribution in [0.15, 0.2) is 24.3 Å². The van der Waals surface area contributed by atoms with Crippen molar-refractivity contribution < 1.29 is 14.2 Å². The fraction of sp³-hybridized carbons (Fsp3) is 0.143. The molecule has 0 N–H and O–H groups in total. The Labute approximate surface area is 62.9 Å². The molecule has 0 unspecified atom stereocenters. The van der Waals surface area contributed by atoms with Crippen molar-refractivity contribution in [1.82, 2.24) is 0 Å². The van der Waals surface area contributed by atoms with Gasteiger partial charge in [0.25, 0.3) is 4.92 Å². The van der Waals surface area contributed by atoms with E-state index in [-0.39, 0.29) is 11.5 Å². The minimum atomic E-state index is -0.377. The van der Waals surface area contributed by atoms with Crippen LogP contribution in [-0.2, 0) is 4.84 Å². The Kier molecular flexibility index (Phi) is 2.15. The predicted octanol–water partition coefficient (Wildman–Crippen LogP) is 1.80. The summed E-state index contributed by atoms with van der Waals surface area (Å²) in [6, 6.07) is 5.07. The van der Waals surface area contributed by atoms with Gasteiger partial charge in [0.1, 0.15) is 5.82 Å². The molecule has 0 spiro atoms. The Morgan fingerprint density at radius 2 is 1.91 bits per heavy atom. The summed E-state index contributed by atoms with van der Waals surface area (Å²) in [4.78, 5) is 15.3. The molecule has 0 bridgehead atoms. The van der Waals surface area contributed by atoms with Crippen molar-refractivity contribution in [3.8, 4) is 0 Å². The topological polar surface area (TPSA) is 29.3 Å². The number of hydrogen-bond donors (Lipinski definition) is 0. The Morgan fingerprint density at radius 1 is 1.36 bits per heavy atom. The van der Waals surface area contributed by atoms with Crippen LogP contribution in [0.2, 0.25) is 0 Å². The molecule has 4 heteroatoms. The SMILES string of the molecule is CO[N+](=O)c1ccc(F)cc1. The lowest BCUT2D eigenvalue weighted by Gasteiger charge is -1.86. The van der Waals surface area contributed by atoms with E-state index >= 15 is 0 Å². The van der Waals surface area contributed by atoms with Crippen LogP contribution < -0.4 is 0 Å². The third-order valence-electron chi connectivity index (χ3n) is 1.20. The number of hydrogen-bond acceptors (Lipinski definition) is 2. The molecule has 0 saturated carbocycles. The maximum Gasteiger partial charge on any atom is 0.316 e. The van der Waals surface area contributed by atoms with E-state index in [0.29, 0.717) is 4.92 Å². The first-order valence-corrected chi connectivity index (χ1v) is 3.01. The summed E-state index contributed by atoms with van der Waals surface area (Å²) in [5.41, 5.74) is 0.272. The minimum Gasteiger partial charge on any atom is -0.230 e. The van der Waals surface area contributed by atoms with E-state index < -0.39 is 0 Å². The van der Waals surface area contributed by atoms with Crippen LogP contribution in [-0.4, -0.2) is 12.0 Å². The number of benzene rings is 1. The van der Waals surface area contributed by atoms with Gasteiger partial charge in [-0.15, -0.1) is 0 Å². The standard InChI is InChI=1S/C7H7FNO2/c1-11-9(10)7-4-2-6(8)3-5-7/h2-5H,1H3/q+1. The number of halogens is 1. The highest BCUT2D eigenvalue weighted by Gasteiger charge is 2.12. The minimum absolute atomic E-state index is 0.272. The molecule has 0 saturated heterocycles. The van der Waals surface area contributed by atoms with Crippen LogP contribution in [0.1, 0.15) is 0 Å². The Hall–Kier alpha value is -1.45.